The number of anilines is 1. The zero-order chi connectivity index (χ0) is 32.3. The van der Waals surface area contributed by atoms with Gasteiger partial charge in [-0.05, 0) is 64.7 Å². The van der Waals surface area contributed by atoms with Crippen LogP contribution in [-0.2, 0) is 35.5 Å². The van der Waals surface area contributed by atoms with E-state index in [9.17, 15) is 22.8 Å². The molecule has 2 aliphatic heterocycles. The van der Waals surface area contributed by atoms with Gasteiger partial charge in [0.05, 0.1) is 11.9 Å². The van der Waals surface area contributed by atoms with Gasteiger partial charge in [0.2, 0.25) is 21.8 Å². The Morgan fingerprint density at radius 2 is 1.59 bits per heavy atom. The number of thioether (sulfide) groups is 1. The van der Waals surface area contributed by atoms with Gasteiger partial charge in [-0.2, -0.15) is 11.8 Å². The molecule has 0 bridgehead atoms. The van der Waals surface area contributed by atoms with E-state index in [0.717, 1.165) is 11.1 Å². The zero-order valence-corrected chi connectivity index (χ0v) is 28.0. The van der Waals surface area contributed by atoms with Crippen LogP contribution < -0.4 is 14.9 Å². The van der Waals surface area contributed by atoms with Crippen molar-refractivity contribution in [3.63, 3.8) is 0 Å². The fourth-order valence-electron chi connectivity index (χ4n) is 5.68. The normalized spacial score (nSPS) is 17.1. The quantitative estimate of drug-likeness (QED) is 0.422. The van der Waals surface area contributed by atoms with Crippen molar-refractivity contribution in [1.82, 2.24) is 15.5 Å². The number of sulfonamides is 1. The Labute approximate surface area is 265 Å². The predicted molar refractivity (Wildman–Crippen MR) is 174 cm³/mol. The second-order valence-electron chi connectivity index (χ2n) is 13.2. The number of nitrogens with zero attached hydrogens (tertiary/aromatic N) is 2. The number of para-hydroxylation sites is 1. The molecule has 3 amide bonds. The van der Waals surface area contributed by atoms with Crippen molar-refractivity contribution in [3.05, 3.63) is 65.7 Å². The third-order valence-corrected chi connectivity index (χ3v) is 10.2. The molecule has 10 nitrogen and oxygen atoms in total. The number of ether oxygens (including phenoxy) is 1. The van der Waals surface area contributed by atoms with Gasteiger partial charge in [-0.25, -0.2) is 13.2 Å². The van der Waals surface area contributed by atoms with Crippen LogP contribution in [0.1, 0.15) is 58.6 Å². The Hall–Kier alpha value is -3.25. The third kappa shape index (κ3) is 8.06. The number of carbonyl (C=O) groups excluding carboxylic acids is 3. The van der Waals surface area contributed by atoms with Crippen LogP contribution in [0.5, 0.6) is 0 Å². The van der Waals surface area contributed by atoms with Gasteiger partial charge < -0.3 is 20.3 Å². The Morgan fingerprint density at radius 1 is 0.977 bits per heavy atom. The van der Waals surface area contributed by atoms with Crippen LogP contribution in [0.2, 0.25) is 0 Å². The molecule has 0 unspecified atom stereocenters. The number of hydrogen-bond acceptors (Lipinski definition) is 7. The average Bonchev–Trinajstić information content (AvgIpc) is 3.26. The molecule has 4 rings (SSSR count). The SMILES string of the molecule is CC(C)(C)OC(=O)NC(C)(C)C(=O)N[C@H](CSCc1ccccc1)C(=O)N1CCC2(CC1)CN(S(C)(=O)=O)c1ccccc12. The summed E-state index contributed by atoms with van der Waals surface area (Å²) < 4.78 is 32.0. The summed E-state index contributed by atoms with van der Waals surface area (Å²) in [6.07, 6.45) is 1.71. The number of hydrogen-bond donors (Lipinski definition) is 2. The van der Waals surface area contributed by atoms with E-state index >= 15 is 0 Å². The van der Waals surface area contributed by atoms with Crippen LogP contribution in [0.4, 0.5) is 10.5 Å². The first-order valence-corrected chi connectivity index (χ1v) is 17.8. The molecule has 1 atom stereocenters. The lowest BCUT2D eigenvalue weighted by Crippen LogP contribution is -2.61. The summed E-state index contributed by atoms with van der Waals surface area (Å²) in [7, 11) is -3.45. The minimum absolute atomic E-state index is 0.201. The van der Waals surface area contributed by atoms with Gasteiger partial charge in [-0.15, -0.1) is 0 Å². The molecule has 0 aliphatic carbocycles. The predicted octanol–water partition coefficient (Wildman–Crippen LogP) is 4.05. The highest BCUT2D eigenvalue weighted by Crippen LogP contribution is 2.47. The van der Waals surface area contributed by atoms with Crippen LogP contribution in [0.15, 0.2) is 54.6 Å². The van der Waals surface area contributed by atoms with Crippen LogP contribution >= 0.6 is 11.8 Å². The van der Waals surface area contributed by atoms with Crippen molar-refractivity contribution >= 4 is 45.4 Å². The lowest BCUT2D eigenvalue weighted by molar-refractivity contribution is -0.138. The highest BCUT2D eigenvalue weighted by Gasteiger charge is 2.48. The maximum absolute atomic E-state index is 14.0. The molecule has 2 heterocycles. The van der Waals surface area contributed by atoms with Gasteiger partial charge in [0.15, 0.2) is 0 Å². The molecule has 12 heteroatoms. The monoisotopic (exact) mass is 644 g/mol. The van der Waals surface area contributed by atoms with Crippen LogP contribution in [0, 0.1) is 0 Å². The maximum atomic E-state index is 14.0. The summed E-state index contributed by atoms with van der Waals surface area (Å²) in [5.41, 5.74) is 0.369. The van der Waals surface area contributed by atoms with Gasteiger partial charge >= 0.3 is 6.09 Å². The van der Waals surface area contributed by atoms with Crippen LogP contribution in [0.25, 0.3) is 0 Å². The summed E-state index contributed by atoms with van der Waals surface area (Å²) in [5.74, 6) is 0.312. The number of rotatable bonds is 9. The van der Waals surface area contributed by atoms with E-state index in [1.54, 1.807) is 51.3 Å². The number of nitrogens with one attached hydrogen (secondary N) is 2. The third-order valence-electron chi connectivity index (χ3n) is 8.00. The summed E-state index contributed by atoms with van der Waals surface area (Å²) in [6, 6.07) is 16.7. The summed E-state index contributed by atoms with van der Waals surface area (Å²) in [4.78, 5) is 41.6. The highest BCUT2D eigenvalue weighted by atomic mass is 32.2. The molecule has 1 saturated heterocycles. The molecule has 1 spiro atoms. The number of carbonyl (C=O) groups is 3. The molecule has 2 aliphatic rings. The minimum Gasteiger partial charge on any atom is -0.444 e. The van der Waals surface area contributed by atoms with Crippen LogP contribution in [-0.4, -0.2) is 80.1 Å². The van der Waals surface area contributed by atoms with E-state index in [1.807, 2.05) is 54.6 Å². The van der Waals surface area contributed by atoms with Crippen molar-refractivity contribution in [2.45, 2.75) is 75.8 Å². The fraction of sp³-hybridized carbons (Fsp3) is 0.531. The van der Waals surface area contributed by atoms with Gasteiger partial charge in [0.1, 0.15) is 17.2 Å². The molecular formula is C32H44N4O6S2. The van der Waals surface area contributed by atoms with Gasteiger partial charge in [0.25, 0.3) is 0 Å². The minimum atomic E-state index is -3.45. The number of alkyl carbamates (subject to hydrolysis) is 1. The van der Waals surface area contributed by atoms with E-state index in [1.165, 1.54) is 10.6 Å². The topological polar surface area (TPSA) is 125 Å². The molecule has 0 saturated carbocycles. The van der Waals surface area contributed by atoms with Gasteiger partial charge in [0, 0.05) is 36.6 Å². The van der Waals surface area contributed by atoms with E-state index in [0.29, 0.717) is 49.7 Å². The molecule has 0 aromatic heterocycles. The molecule has 240 valence electrons. The first-order chi connectivity index (χ1) is 20.5. The molecular weight excluding hydrogens is 601 g/mol. The molecule has 44 heavy (non-hydrogen) atoms. The number of fused-ring (bicyclic) bond motifs is 2. The Bertz CT molecular complexity index is 1470. The van der Waals surface area contributed by atoms with Crippen molar-refractivity contribution in [1.29, 1.82) is 0 Å². The number of piperidine rings is 1. The first kappa shape index (κ1) is 33.6. The van der Waals surface area contributed by atoms with Crippen molar-refractivity contribution in [3.8, 4) is 0 Å². The van der Waals surface area contributed by atoms with Crippen molar-refractivity contribution in [2.24, 2.45) is 0 Å². The van der Waals surface area contributed by atoms with E-state index in [4.69, 9.17) is 4.74 Å². The molecule has 2 N–H and O–H groups in total. The lowest BCUT2D eigenvalue weighted by Gasteiger charge is -2.41. The molecule has 0 radical (unpaired) electrons. The lowest BCUT2D eigenvalue weighted by atomic mass is 9.74. The van der Waals surface area contributed by atoms with E-state index in [2.05, 4.69) is 10.6 Å². The average molecular weight is 645 g/mol. The van der Waals surface area contributed by atoms with Crippen LogP contribution in [0.3, 0.4) is 0 Å². The second-order valence-corrected chi connectivity index (χ2v) is 16.1. The summed E-state index contributed by atoms with van der Waals surface area (Å²) >= 11 is 1.55. The Kier molecular flexibility index (Phi) is 9.94. The summed E-state index contributed by atoms with van der Waals surface area (Å²) in [6.45, 7) is 9.57. The van der Waals surface area contributed by atoms with E-state index in [-0.39, 0.29) is 11.3 Å². The molecule has 2 aromatic rings. The smallest absolute Gasteiger partial charge is 0.408 e. The number of likely N-dealkylation sites (tertiary alicyclic amines) is 1. The van der Waals surface area contributed by atoms with E-state index < -0.39 is 39.2 Å². The van der Waals surface area contributed by atoms with Gasteiger partial charge in [-0.3, -0.25) is 13.9 Å². The Balaban J connectivity index is 1.47. The highest BCUT2D eigenvalue weighted by molar-refractivity contribution is 7.98. The Morgan fingerprint density at radius 3 is 2.20 bits per heavy atom. The fourth-order valence-corrected chi connectivity index (χ4v) is 7.69. The molecule has 1 fully saturated rings. The largest absolute Gasteiger partial charge is 0.444 e. The van der Waals surface area contributed by atoms with Crippen molar-refractivity contribution < 1.29 is 27.5 Å². The van der Waals surface area contributed by atoms with Crippen molar-refractivity contribution in [2.75, 3.05) is 35.9 Å². The second kappa shape index (κ2) is 13.0. The number of benzene rings is 2. The molecule has 2 aromatic carbocycles. The maximum Gasteiger partial charge on any atom is 0.408 e. The van der Waals surface area contributed by atoms with Gasteiger partial charge in [-0.1, -0.05) is 48.5 Å². The standard InChI is InChI=1S/C32H44N4O6S2/c1-30(2,3)42-29(39)34-31(4,5)28(38)33-25(21-43-20-23-12-8-7-9-13-23)27(37)35-18-16-32(17-19-35)22-36(44(6,40)41)26-15-11-10-14-24(26)32/h7-15,25H,16-22H2,1-6H3,(H,33,38)(H,34,39)/t25-/m1/s1. The number of amides is 3. The zero-order valence-electron chi connectivity index (χ0n) is 26.4. The summed E-state index contributed by atoms with van der Waals surface area (Å²) in [5, 5.41) is 5.52. The first-order valence-electron chi connectivity index (χ1n) is 14.8.